The van der Waals surface area contributed by atoms with Crippen LogP contribution in [0.4, 0.5) is 5.69 Å². The Morgan fingerprint density at radius 3 is 3.00 bits per heavy atom. The average molecular weight is 287 g/mol. The van der Waals surface area contributed by atoms with E-state index in [1.807, 2.05) is 18.2 Å². The van der Waals surface area contributed by atoms with Crippen LogP contribution in [-0.2, 0) is 16.0 Å². The summed E-state index contributed by atoms with van der Waals surface area (Å²) < 4.78 is 5.67. The molecular formula is C17H21NO3. The molecule has 1 saturated heterocycles. The molecule has 0 bridgehead atoms. The lowest BCUT2D eigenvalue weighted by Gasteiger charge is -2.22. The molecule has 112 valence electrons. The molecule has 0 aromatic heterocycles. The number of ketones is 1. The van der Waals surface area contributed by atoms with Crippen molar-refractivity contribution in [2.45, 2.75) is 51.0 Å². The summed E-state index contributed by atoms with van der Waals surface area (Å²) in [4.78, 5) is 23.6. The standard InChI is InChI=1S/C17H21NO3/c19-16(8-6-14-3-1-2-10-21-14)13-4-7-15-12(11-13)5-9-17(20)18-15/h4,7,11,14H,1-3,5-6,8-10H2,(H,18,20). The van der Waals surface area contributed by atoms with Gasteiger partial charge in [-0.15, -0.1) is 0 Å². The molecule has 0 saturated carbocycles. The van der Waals surface area contributed by atoms with E-state index >= 15 is 0 Å². The zero-order valence-electron chi connectivity index (χ0n) is 12.2. The number of aryl methyl sites for hydroxylation is 1. The van der Waals surface area contributed by atoms with Crippen molar-refractivity contribution >= 4 is 17.4 Å². The van der Waals surface area contributed by atoms with Crippen LogP contribution in [0.25, 0.3) is 0 Å². The van der Waals surface area contributed by atoms with Gasteiger partial charge in [0.15, 0.2) is 5.78 Å². The Labute approximate surface area is 124 Å². The van der Waals surface area contributed by atoms with Gasteiger partial charge in [-0.25, -0.2) is 0 Å². The minimum absolute atomic E-state index is 0.0519. The van der Waals surface area contributed by atoms with Gasteiger partial charge in [0.2, 0.25) is 5.91 Å². The van der Waals surface area contributed by atoms with Crippen molar-refractivity contribution < 1.29 is 14.3 Å². The van der Waals surface area contributed by atoms with Gasteiger partial charge in [0.25, 0.3) is 0 Å². The van der Waals surface area contributed by atoms with Crippen LogP contribution in [0, 0.1) is 0 Å². The Hall–Kier alpha value is -1.68. The minimum atomic E-state index is 0.0519. The quantitative estimate of drug-likeness (QED) is 0.866. The van der Waals surface area contributed by atoms with Crippen LogP contribution < -0.4 is 5.32 Å². The molecular weight excluding hydrogens is 266 g/mol. The second kappa shape index (κ2) is 6.39. The summed E-state index contributed by atoms with van der Waals surface area (Å²) in [5.41, 5.74) is 2.66. The molecule has 1 amide bonds. The first-order chi connectivity index (χ1) is 10.2. The number of fused-ring (bicyclic) bond motifs is 1. The van der Waals surface area contributed by atoms with E-state index in [-0.39, 0.29) is 17.8 Å². The zero-order valence-corrected chi connectivity index (χ0v) is 12.2. The molecule has 0 spiro atoms. The highest BCUT2D eigenvalue weighted by molar-refractivity contribution is 5.98. The fraction of sp³-hybridized carbons (Fsp3) is 0.529. The summed E-state index contributed by atoms with van der Waals surface area (Å²) in [6, 6.07) is 5.59. The first-order valence-corrected chi connectivity index (χ1v) is 7.80. The summed E-state index contributed by atoms with van der Waals surface area (Å²) in [6.45, 7) is 0.831. The number of anilines is 1. The molecule has 1 unspecified atom stereocenters. The van der Waals surface area contributed by atoms with Gasteiger partial charge in [0.05, 0.1) is 6.10 Å². The fourth-order valence-corrected chi connectivity index (χ4v) is 3.03. The van der Waals surface area contributed by atoms with Gasteiger partial charge in [-0.1, -0.05) is 0 Å². The molecule has 0 aliphatic carbocycles. The molecule has 2 aliphatic heterocycles. The van der Waals surface area contributed by atoms with Gasteiger partial charge in [-0.05, 0) is 55.9 Å². The van der Waals surface area contributed by atoms with E-state index < -0.39 is 0 Å². The molecule has 4 heteroatoms. The molecule has 3 rings (SSSR count). The SMILES string of the molecule is O=C1CCc2cc(C(=O)CCC3CCCCO3)ccc2N1. The second-order valence-electron chi connectivity index (χ2n) is 5.87. The average Bonchev–Trinajstić information content (AvgIpc) is 2.53. The van der Waals surface area contributed by atoms with Gasteiger partial charge in [0, 0.05) is 30.7 Å². The molecule has 2 heterocycles. The maximum atomic E-state index is 12.3. The highest BCUT2D eigenvalue weighted by Gasteiger charge is 2.18. The summed E-state index contributed by atoms with van der Waals surface area (Å²) in [5.74, 6) is 0.222. The Balaban J connectivity index is 1.60. The number of carbonyl (C=O) groups is 2. The molecule has 1 aromatic carbocycles. The van der Waals surface area contributed by atoms with Crippen molar-refractivity contribution in [3.63, 3.8) is 0 Å². The highest BCUT2D eigenvalue weighted by atomic mass is 16.5. The van der Waals surface area contributed by atoms with Crippen molar-refractivity contribution in [2.24, 2.45) is 0 Å². The van der Waals surface area contributed by atoms with E-state index in [0.717, 1.165) is 42.7 Å². The number of rotatable bonds is 4. The fourth-order valence-electron chi connectivity index (χ4n) is 3.03. The van der Waals surface area contributed by atoms with Crippen LogP contribution in [0.1, 0.15) is 54.4 Å². The van der Waals surface area contributed by atoms with E-state index in [1.165, 1.54) is 6.42 Å². The molecule has 1 N–H and O–H groups in total. The first-order valence-electron chi connectivity index (χ1n) is 7.80. The van der Waals surface area contributed by atoms with E-state index in [1.54, 1.807) is 0 Å². The molecule has 1 fully saturated rings. The monoisotopic (exact) mass is 287 g/mol. The van der Waals surface area contributed by atoms with Crippen LogP contribution in [-0.4, -0.2) is 24.4 Å². The second-order valence-corrected chi connectivity index (χ2v) is 5.87. The van der Waals surface area contributed by atoms with Gasteiger partial charge in [0.1, 0.15) is 0 Å². The summed E-state index contributed by atoms with van der Waals surface area (Å²) in [7, 11) is 0. The first kappa shape index (κ1) is 14.3. The number of benzene rings is 1. The Bertz CT molecular complexity index is 547. The van der Waals surface area contributed by atoms with Crippen molar-refractivity contribution in [2.75, 3.05) is 11.9 Å². The molecule has 1 aromatic rings. The molecule has 0 radical (unpaired) electrons. The van der Waals surface area contributed by atoms with Crippen LogP contribution in [0.15, 0.2) is 18.2 Å². The Kier molecular flexibility index (Phi) is 4.34. The Morgan fingerprint density at radius 1 is 1.29 bits per heavy atom. The number of amides is 1. The topological polar surface area (TPSA) is 55.4 Å². The predicted molar refractivity (Wildman–Crippen MR) is 80.5 cm³/mol. The Morgan fingerprint density at radius 2 is 2.19 bits per heavy atom. The number of carbonyl (C=O) groups excluding carboxylic acids is 2. The third kappa shape index (κ3) is 3.50. The molecule has 2 aliphatic rings. The van der Waals surface area contributed by atoms with Crippen LogP contribution in [0.5, 0.6) is 0 Å². The summed E-state index contributed by atoms with van der Waals surface area (Å²) >= 11 is 0. The van der Waals surface area contributed by atoms with Gasteiger partial charge >= 0.3 is 0 Å². The van der Waals surface area contributed by atoms with E-state index in [0.29, 0.717) is 19.3 Å². The number of hydrogen-bond acceptors (Lipinski definition) is 3. The lowest BCUT2D eigenvalue weighted by molar-refractivity contribution is -0.116. The van der Waals surface area contributed by atoms with Crippen LogP contribution in [0.2, 0.25) is 0 Å². The van der Waals surface area contributed by atoms with Crippen molar-refractivity contribution in [1.82, 2.24) is 0 Å². The van der Waals surface area contributed by atoms with E-state index in [2.05, 4.69) is 5.32 Å². The van der Waals surface area contributed by atoms with E-state index in [9.17, 15) is 9.59 Å². The van der Waals surface area contributed by atoms with Gasteiger partial charge < -0.3 is 10.1 Å². The van der Waals surface area contributed by atoms with Crippen molar-refractivity contribution in [3.8, 4) is 0 Å². The normalized spacial score (nSPS) is 21.5. The summed E-state index contributed by atoms with van der Waals surface area (Å²) in [6.07, 6.45) is 6.23. The highest BCUT2D eigenvalue weighted by Crippen LogP contribution is 2.25. The lowest BCUT2D eigenvalue weighted by atomic mass is 9.96. The zero-order chi connectivity index (χ0) is 14.7. The van der Waals surface area contributed by atoms with Gasteiger partial charge in [-0.3, -0.25) is 9.59 Å². The van der Waals surface area contributed by atoms with Crippen molar-refractivity contribution in [1.29, 1.82) is 0 Å². The largest absolute Gasteiger partial charge is 0.378 e. The number of ether oxygens (including phenoxy) is 1. The number of nitrogens with one attached hydrogen (secondary N) is 1. The third-order valence-corrected chi connectivity index (χ3v) is 4.29. The van der Waals surface area contributed by atoms with Crippen LogP contribution >= 0.6 is 0 Å². The van der Waals surface area contributed by atoms with Gasteiger partial charge in [-0.2, -0.15) is 0 Å². The smallest absolute Gasteiger partial charge is 0.224 e. The maximum Gasteiger partial charge on any atom is 0.224 e. The third-order valence-electron chi connectivity index (χ3n) is 4.29. The lowest BCUT2D eigenvalue weighted by Crippen LogP contribution is -2.20. The minimum Gasteiger partial charge on any atom is -0.378 e. The number of Topliss-reactive ketones (excluding diaryl/α,β-unsaturated/α-hetero) is 1. The van der Waals surface area contributed by atoms with Crippen LogP contribution in [0.3, 0.4) is 0 Å². The van der Waals surface area contributed by atoms with Crippen molar-refractivity contribution in [3.05, 3.63) is 29.3 Å². The molecule has 4 nitrogen and oxygen atoms in total. The predicted octanol–water partition coefficient (Wildman–Crippen LogP) is 3.10. The maximum absolute atomic E-state index is 12.3. The summed E-state index contributed by atoms with van der Waals surface area (Å²) in [5, 5.41) is 2.84. The molecule has 1 atom stereocenters. The number of hydrogen-bond donors (Lipinski definition) is 1. The van der Waals surface area contributed by atoms with E-state index in [4.69, 9.17) is 4.74 Å². The molecule has 21 heavy (non-hydrogen) atoms.